The van der Waals surface area contributed by atoms with E-state index in [0.717, 1.165) is 0 Å². The summed E-state index contributed by atoms with van der Waals surface area (Å²) in [5.41, 5.74) is 0.827. The molecule has 82 valence electrons. The van der Waals surface area contributed by atoms with E-state index in [2.05, 4.69) is 5.32 Å². The topological polar surface area (TPSA) is 73.2 Å². The number of benzene rings is 1. The van der Waals surface area contributed by atoms with Gasteiger partial charge in [0.2, 0.25) is 0 Å². The number of amidine groups is 1. The lowest BCUT2D eigenvalue weighted by Crippen LogP contribution is -2.06. The van der Waals surface area contributed by atoms with Crippen LogP contribution in [0.25, 0.3) is 0 Å². The van der Waals surface area contributed by atoms with E-state index in [9.17, 15) is 4.79 Å². The number of carboxylic acids is 1. The second-order valence-electron chi connectivity index (χ2n) is 2.54. The molecule has 0 spiro atoms. The second-order valence-corrected chi connectivity index (χ2v) is 3.36. The zero-order valence-electron chi connectivity index (χ0n) is 7.98. The zero-order valence-corrected chi connectivity index (χ0v) is 11.1. The van der Waals surface area contributed by atoms with E-state index >= 15 is 0 Å². The van der Waals surface area contributed by atoms with E-state index in [-0.39, 0.29) is 34.7 Å². The van der Waals surface area contributed by atoms with Gasteiger partial charge in [0, 0.05) is 5.69 Å². The van der Waals surface area contributed by atoms with Gasteiger partial charge in [0.25, 0.3) is 0 Å². The molecule has 0 fully saturated rings. The highest BCUT2D eigenvalue weighted by Crippen LogP contribution is 2.12. The molecule has 0 aliphatic rings. The van der Waals surface area contributed by atoms with E-state index < -0.39 is 5.97 Å². The smallest absolute Gasteiger partial charge is 0.335 e. The fraction of sp³-hybridized carbons (Fsp3) is 0.111. The fourth-order valence-corrected chi connectivity index (χ4v) is 1.13. The first kappa shape index (κ1) is 14.2. The normalized spacial score (nSPS) is 8.87. The van der Waals surface area contributed by atoms with Gasteiger partial charge in [-0.3, -0.25) is 5.41 Å². The summed E-state index contributed by atoms with van der Waals surface area (Å²) in [6.07, 6.45) is 1.77. The van der Waals surface area contributed by atoms with Crippen molar-refractivity contribution < 1.29 is 9.90 Å². The number of hydrogen-bond acceptors (Lipinski definition) is 3. The first-order valence-corrected chi connectivity index (χ1v) is 5.09. The van der Waals surface area contributed by atoms with Crippen molar-refractivity contribution in [3.05, 3.63) is 29.8 Å². The molecule has 0 amide bonds. The molecule has 4 nitrogen and oxygen atoms in total. The van der Waals surface area contributed by atoms with Gasteiger partial charge in [-0.25, -0.2) is 4.79 Å². The van der Waals surface area contributed by atoms with Gasteiger partial charge in [-0.05, 0) is 24.5 Å². The number of carboxylic acid groups (broad SMARTS) is 1. The summed E-state index contributed by atoms with van der Waals surface area (Å²) in [6, 6.07) is 6.36. The standard InChI is InChI=1S/C9H10N2O2S.HI/c1-14-9(10)11-7-4-2-3-6(5-7)8(12)13;/h2-5H,1H3,(H2,10,11)(H,12,13);1H. The highest BCUT2D eigenvalue weighted by atomic mass is 127. The number of hydrogen-bond donors (Lipinski definition) is 3. The zero-order chi connectivity index (χ0) is 10.6. The second kappa shape index (κ2) is 6.67. The first-order chi connectivity index (χ1) is 6.63. The van der Waals surface area contributed by atoms with Crippen molar-refractivity contribution in [2.24, 2.45) is 0 Å². The van der Waals surface area contributed by atoms with Gasteiger partial charge in [-0.1, -0.05) is 17.8 Å². The highest BCUT2D eigenvalue weighted by molar-refractivity contribution is 14.0. The fourth-order valence-electron chi connectivity index (χ4n) is 0.912. The molecule has 0 saturated carbocycles. The summed E-state index contributed by atoms with van der Waals surface area (Å²) < 4.78 is 0. The van der Waals surface area contributed by atoms with Gasteiger partial charge in [-0.2, -0.15) is 0 Å². The Bertz CT molecular complexity index is 371. The molecular weight excluding hydrogens is 327 g/mol. The third kappa shape index (κ3) is 4.52. The molecule has 6 heteroatoms. The minimum absolute atomic E-state index is 0. The maximum absolute atomic E-state index is 10.6. The molecule has 1 aromatic rings. The van der Waals surface area contributed by atoms with Crippen LogP contribution in [0.5, 0.6) is 0 Å². The quantitative estimate of drug-likeness (QED) is 0.440. The van der Waals surface area contributed by atoms with Crippen molar-refractivity contribution in [3.63, 3.8) is 0 Å². The van der Waals surface area contributed by atoms with E-state index in [1.807, 2.05) is 0 Å². The van der Waals surface area contributed by atoms with Crippen LogP contribution in [0.2, 0.25) is 0 Å². The van der Waals surface area contributed by atoms with Crippen LogP contribution < -0.4 is 5.32 Å². The van der Waals surface area contributed by atoms with Crippen LogP contribution in [0.1, 0.15) is 10.4 Å². The number of rotatable bonds is 2. The Balaban J connectivity index is 0.00000196. The van der Waals surface area contributed by atoms with E-state index in [4.69, 9.17) is 10.5 Å². The van der Waals surface area contributed by atoms with Crippen LogP contribution in [0.3, 0.4) is 0 Å². The molecule has 0 aliphatic heterocycles. The van der Waals surface area contributed by atoms with Crippen LogP contribution in [-0.2, 0) is 0 Å². The largest absolute Gasteiger partial charge is 0.478 e. The molecule has 0 saturated heterocycles. The van der Waals surface area contributed by atoms with Crippen LogP contribution in [-0.4, -0.2) is 22.5 Å². The van der Waals surface area contributed by atoms with Crippen LogP contribution in [0.15, 0.2) is 24.3 Å². The Kier molecular flexibility index (Phi) is 6.34. The molecule has 0 heterocycles. The van der Waals surface area contributed by atoms with Crippen molar-refractivity contribution in [1.82, 2.24) is 0 Å². The molecule has 15 heavy (non-hydrogen) atoms. The SMILES string of the molecule is CSC(=N)Nc1cccc(C(=O)O)c1.I. The lowest BCUT2D eigenvalue weighted by atomic mass is 10.2. The summed E-state index contributed by atoms with van der Waals surface area (Å²) in [6.45, 7) is 0. The Morgan fingerprint density at radius 3 is 2.73 bits per heavy atom. The Morgan fingerprint density at radius 2 is 2.20 bits per heavy atom. The monoisotopic (exact) mass is 338 g/mol. The Labute approximate surface area is 109 Å². The number of nitrogens with one attached hydrogen (secondary N) is 2. The van der Waals surface area contributed by atoms with Crippen molar-refractivity contribution >= 4 is 52.6 Å². The molecule has 1 rings (SSSR count). The van der Waals surface area contributed by atoms with E-state index in [0.29, 0.717) is 5.69 Å². The summed E-state index contributed by atoms with van der Waals surface area (Å²) in [7, 11) is 0. The minimum Gasteiger partial charge on any atom is -0.478 e. The summed E-state index contributed by atoms with van der Waals surface area (Å²) >= 11 is 1.26. The van der Waals surface area contributed by atoms with Gasteiger partial charge < -0.3 is 10.4 Å². The van der Waals surface area contributed by atoms with Crippen LogP contribution >= 0.6 is 35.7 Å². The lowest BCUT2D eigenvalue weighted by molar-refractivity contribution is 0.0697. The summed E-state index contributed by atoms with van der Waals surface area (Å²) in [5.74, 6) is -0.968. The van der Waals surface area contributed by atoms with E-state index in [1.165, 1.54) is 23.9 Å². The van der Waals surface area contributed by atoms with Gasteiger partial charge in [0.05, 0.1) is 5.56 Å². The van der Waals surface area contributed by atoms with Gasteiger partial charge >= 0.3 is 5.97 Å². The molecular formula is C9H11IN2O2S. The molecule has 1 aromatic carbocycles. The lowest BCUT2D eigenvalue weighted by Gasteiger charge is -2.05. The predicted molar refractivity (Wildman–Crippen MR) is 73.7 cm³/mol. The summed E-state index contributed by atoms with van der Waals surface area (Å²) in [5, 5.41) is 19.1. The molecule has 0 bridgehead atoms. The number of anilines is 1. The van der Waals surface area contributed by atoms with Gasteiger partial charge in [0.1, 0.15) is 0 Å². The summed E-state index contributed by atoms with van der Waals surface area (Å²) in [4.78, 5) is 10.6. The number of carbonyl (C=O) groups is 1. The Morgan fingerprint density at radius 1 is 1.53 bits per heavy atom. The third-order valence-corrected chi connectivity index (χ3v) is 2.08. The van der Waals surface area contributed by atoms with E-state index in [1.54, 1.807) is 18.4 Å². The Hall–Kier alpha value is -0.760. The maximum atomic E-state index is 10.6. The minimum atomic E-state index is -0.968. The number of thioether (sulfide) groups is 1. The van der Waals surface area contributed by atoms with Crippen molar-refractivity contribution in [1.29, 1.82) is 5.41 Å². The van der Waals surface area contributed by atoms with Crippen molar-refractivity contribution in [2.45, 2.75) is 0 Å². The molecule has 0 aliphatic carbocycles. The number of halogens is 1. The van der Waals surface area contributed by atoms with Crippen LogP contribution in [0, 0.1) is 5.41 Å². The molecule has 0 radical (unpaired) electrons. The van der Waals surface area contributed by atoms with Gasteiger partial charge in [0.15, 0.2) is 5.17 Å². The third-order valence-electron chi connectivity index (χ3n) is 1.57. The predicted octanol–water partition coefficient (Wildman–Crippen LogP) is 2.71. The molecule has 3 N–H and O–H groups in total. The molecule has 0 unspecified atom stereocenters. The van der Waals surface area contributed by atoms with Gasteiger partial charge in [-0.15, -0.1) is 24.0 Å². The molecule has 0 atom stereocenters. The van der Waals surface area contributed by atoms with Crippen molar-refractivity contribution in [3.8, 4) is 0 Å². The first-order valence-electron chi connectivity index (χ1n) is 3.86. The van der Waals surface area contributed by atoms with Crippen molar-refractivity contribution in [2.75, 3.05) is 11.6 Å². The average Bonchev–Trinajstić information content (AvgIpc) is 2.18. The van der Waals surface area contributed by atoms with Crippen LogP contribution in [0.4, 0.5) is 5.69 Å². The highest BCUT2D eigenvalue weighted by Gasteiger charge is 2.03. The molecule has 0 aromatic heterocycles. The average molecular weight is 338 g/mol. The maximum Gasteiger partial charge on any atom is 0.335 e. The number of aromatic carboxylic acids is 1.